The molecular weight excluding hydrogens is 367 g/mol. The summed E-state index contributed by atoms with van der Waals surface area (Å²) >= 11 is 1.18. The molecule has 0 bridgehead atoms. The number of allylic oxidation sites excluding steroid dienone is 1. The van der Waals surface area contributed by atoms with Crippen molar-refractivity contribution in [1.82, 2.24) is 10.2 Å². The van der Waals surface area contributed by atoms with E-state index < -0.39 is 11.8 Å². The van der Waals surface area contributed by atoms with Crippen molar-refractivity contribution in [3.8, 4) is 5.75 Å². The maximum Gasteiger partial charge on any atom is 0.325 e. The van der Waals surface area contributed by atoms with Crippen molar-refractivity contribution in [2.75, 3.05) is 10.6 Å². The van der Waals surface area contributed by atoms with Gasteiger partial charge in [0.1, 0.15) is 18.2 Å². The van der Waals surface area contributed by atoms with Crippen LogP contribution in [0.15, 0.2) is 61.2 Å². The van der Waals surface area contributed by atoms with Gasteiger partial charge < -0.3 is 10.1 Å². The molecule has 0 radical (unpaired) electrons. The van der Waals surface area contributed by atoms with Gasteiger partial charge in [0.25, 0.3) is 0 Å². The van der Waals surface area contributed by atoms with Crippen LogP contribution < -0.4 is 15.4 Å². The van der Waals surface area contributed by atoms with Gasteiger partial charge in [0.05, 0.1) is 5.69 Å². The highest BCUT2D eigenvalue weighted by atomic mass is 32.1. The number of aromatic nitrogens is 2. The van der Waals surface area contributed by atoms with Crippen molar-refractivity contribution in [1.29, 1.82) is 0 Å². The summed E-state index contributed by atoms with van der Waals surface area (Å²) in [6.45, 7) is 3.96. The highest BCUT2D eigenvalue weighted by Gasteiger charge is 2.11. The van der Waals surface area contributed by atoms with Crippen molar-refractivity contribution in [2.45, 2.75) is 13.0 Å². The molecule has 3 aromatic rings. The Morgan fingerprint density at radius 1 is 1.15 bits per heavy atom. The summed E-state index contributed by atoms with van der Waals surface area (Å²) in [5.41, 5.74) is 1.11. The number of nitrogens with zero attached hydrogens (tertiary/aromatic N) is 2. The molecule has 2 aromatic carbocycles. The first kappa shape index (κ1) is 18.5. The lowest BCUT2D eigenvalue weighted by Crippen LogP contribution is -2.19. The Labute approximate surface area is 159 Å². The van der Waals surface area contributed by atoms with Gasteiger partial charge in [-0.1, -0.05) is 47.7 Å². The van der Waals surface area contributed by atoms with E-state index in [-0.39, 0.29) is 12.3 Å². The van der Waals surface area contributed by atoms with Crippen molar-refractivity contribution in [3.05, 3.63) is 77.6 Å². The standard InChI is InChI=1S/C19H17FN4O2S/c1-2-7-13-8-3-6-11-16(13)26-12-17-23-24-19(27-17)22-18(25)21-15-10-5-4-9-14(15)20/h2-6,8-11H,1,7,12H2,(H2,21,22,24,25). The number of anilines is 2. The number of benzene rings is 2. The molecule has 0 aliphatic heterocycles. The molecule has 27 heavy (non-hydrogen) atoms. The summed E-state index contributed by atoms with van der Waals surface area (Å²) in [4.78, 5) is 11.9. The van der Waals surface area contributed by atoms with E-state index in [0.29, 0.717) is 16.6 Å². The zero-order valence-electron chi connectivity index (χ0n) is 14.3. The van der Waals surface area contributed by atoms with E-state index in [9.17, 15) is 9.18 Å². The van der Waals surface area contributed by atoms with Gasteiger partial charge in [-0.25, -0.2) is 9.18 Å². The molecule has 0 fully saturated rings. The van der Waals surface area contributed by atoms with Gasteiger partial charge >= 0.3 is 6.03 Å². The maximum absolute atomic E-state index is 13.6. The molecule has 138 valence electrons. The molecule has 8 heteroatoms. The Morgan fingerprint density at radius 2 is 1.93 bits per heavy atom. The number of carbonyl (C=O) groups excluding carboxylic acids is 1. The molecule has 2 N–H and O–H groups in total. The van der Waals surface area contributed by atoms with Crippen LogP contribution in [0.5, 0.6) is 5.75 Å². The van der Waals surface area contributed by atoms with Crippen LogP contribution in [-0.4, -0.2) is 16.2 Å². The number of halogens is 1. The van der Waals surface area contributed by atoms with Gasteiger partial charge in [-0.05, 0) is 30.2 Å². The van der Waals surface area contributed by atoms with Crippen LogP contribution in [0.2, 0.25) is 0 Å². The summed E-state index contributed by atoms with van der Waals surface area (Å²) in [7, 11) is 0. The Balaban J connectivity index is 1.56. The van der Waals surface area contributed by atoms with Crippen molar-refractivity contribution >= 4 is 28.2 Å². The van der Waals surface area contributed by atoms with E-state index in [1.807, 2.05) is 30.3 Å². The molecule has 3 rings (SSSR count). The second-order valence-electron chi connectivity index (χ2n) is 5.45. The first-order chi connectivity index (χ1) is 13.2. The summed E-state index contributed by atoms with van der Waals surface area (Å²) in [5.74, 6) is 0.233. The number of urea groups is 1. The second-order valence-corrected chi connectivity index (χ2v) is 6.51. The average Bonchev–Trinajstić information content (AvgIpc) is 3.10. The van der Waals surface area contributed by atoms with Crippen LogP contribution in [0.1, 0.15) is 10.6 Å². The van der Waals surface area contributed by atoms with E-state index in [1.165, 1.54) is 23.5 Å². The van der Waals surface area contributed by atoms with E-state index in [0.717, 1.165) is 11.3 Å². The van der Waals surface area contributed by atoms with Crippen LogP contribution in [0.25, 0.3) is 0 Å². The predicted octanol–water partition coefficient (Wildman–Crippen LogP) is 4.63. The zero-order valence-corrected chi connectivity index (χ0v) is 15.1. The van der Waals surface area contributed by atoms with Crippen LogP contribution in [0.4, 0.5) is 20.0 Å². The molecular formula is C19H17FN4O2S. The molecule has 0 aliphatic rings. The number of nitrogens with one attached hydrogen (secondary N) is 2. The molecule has 2 amide bonds. The lowest BCUT2D eigenvalue weighted by atomic mass is 10.1. The summed E-state index contributed by atoms with van der Waals surface area (Å²) in [6.07, 6.45) is 2.51. The van der Waals surface area contributed by atoms with Gasteiger partial charge in [0.2, 0.25) is 5.13 Å². The monoisotopic (exact) mass is 384 g/mol. The van der Waals surface area contributed by atoms with Gasteiger partial charge in [-0.2, -0.15) is 0 Å². The molecule has 0 atom stereocenters. The minimum atomic E-state index is -0.597. The van der Waals surface area contributed by atoms with Crippen LogP contribution in [-0.2, 0) is 13.0 Å². The minimum absolute atomic E-state index is 0.0851. The fraction of sp³-hybridized carbons (Fsp3) is 0.105. The molecule has 0 saturated carbocycles. The molecule has 0 unspecified atom stereocenters. The number of amides is 2. The predicted molar refractivity (Wildman–Crippen MR) is 104 cm³/mol. The lowest BCUT2D eigenvalue weighted by Gasteiger charge is -2.08. The van der Waals surface area contributed by atoms with Crippen molar-refractivity contribution in [2.24, 2.45) is 0 Å². The van der Waals surface area contributed by atoms with Gasteiger partial charge in [-0.15, -0.1) is 16.8 Å². The summed E-state index contributed by atoms with van der Waals surface area (Å²) < 4.78 is 19.3. The Kier molecular flexibility index (Phi) is 6.11. The molecule has 0 aliphatic carbocycles. The summed E-state index contributed by atoms with van der Waals surface area (Å²) in [5, 5.41) is 13.7. The fourth-order valence-corrected chi connectivity index (χ4v) is 2.93. The summed E-state index contributed by atoms with van der Waals surface area (Å²) in [6, 6.07) is 13.0. The number of ether oxygens (including phenoxy) is 1. The number of rotatable bonds is 7. The van der Waals surface area contributed by atoms with Crippen molar-refractivity contribution in [3.63, 3.8) is 0 Å². The normalized spacial score (nSPS) is 10.3. The molecule has 1 aromatic heterocycles. The van der Waals surface area contributed by atoms with Crippen LogP contribution in [0, 0.1) is 5.82 Å². The number of carbonyl (C=O) groups is 1. The van der Waals surface area contributed by atoms with Gasteiger partial charge in [0, 0.05) is 0 Å². The third-order valence-electron chi connectivity index (χ3n) is 3.50. The maximum atomic E-state index is 13.6. The van der Waals surface area contributed by atoms with E-state index in [2.05, 4.69) is 27.4 Å². The third-order valence-corrected chi connectivity index (χ3v) is 4.31. The Morgan fingerprint density at radius 3 is 2.74 bits per heavy atom. The van der Waals surface area contributed by atoms with Crippen molar-refractivity contribution < 1.29 is 13.9 Å². The first-order valence-corrected chi connectivity index (χ1v) is 8.94. The smallest absolute Gasteiger partial charge is 0.325 e. The topological polar surface area (TPSA) is 76.1 Å². The highest BCUT2D eigenvalue weighted by Crippen LogP contribution is 2.22. The quantitative estimate of drug-likeness (QED) is 0.583. The molecule has 6 nitrogen and oxygen atoms in total. The minimum Gasteiger partial charge on any atom is -0.486 e. The largest absolute Gasteiger partial charge is 0.486 e. The number of hydrogen-bond donors (Lipinski definition) is 2. The average molecular weight is 384 g/mol. The second kappa shape index (κ2) is 8.91. The SMILES string of the molecule is C=CCc1ccccc1OCc1nnc(NC(=O)Nc2ccccc2F)s1. The lowest BCUT2D eigenvalue weighted by molar-refractivity contribution is 0.262. The van der Waals surface area contributed by atoms with Gasteiger partial charge in [-0.3, -0.25) is 5.32 Å². The van der Waals surface area contributed by atoms with Crippen LogP contribution >= 0.6 is 11.3 Å². The van der Waals surface area contributed by atoms with E-state index in [1.54, 1.807) is 12.1 Å². The highest BCUT2D eigenvalue weighted by molar-refractivity contribution is 7.15. The molecule has 0 saturated heterocycles. The van der Waals surface area contributed by atoms with Crippen LogP contribution in [0.3, 0.4) is 0 Å². The number of para-hydroxylation sites is 2. The fourth-order valence-electron chi connectivity index (χ4n) is 2.28. The molecule has 0 spiro atoms. The zero-order chi connectivity index (χ0) is 19.1. The Hall–Kier alpha value is -3.26. The molecule has 1 heterocycles. The first-order valence-electron chi connectivity index (χ1n) is 8.12. The van der Waals surface area contributed by atoms with Gasteiger partial charge in [0.15, 0.2) is 5.01 Å². The van der Waals surface area contributed by atoms with E-state index >= 15 is 0 Å². The third kappa shape index (κ3) is 5.11. The van der Waals surface area contributed by atoms with E-state index in [4.69, 9.17) is 4.74 Å². The number of hydrogen-bond acceptors (Lipinski definition) is 5. The Bertz CT molecular complexity index is 945.